The SMILES string of the molecule is Cc1cc(N)c(Nc2c[c]ccc2)nc1C. The number of aryl methyl sites for hydroxylation is 2. The molecule has 1 heterocycles. The minimum atomic E-state index is 0.659. The van der Waals surface area contributed by atoms with Gasteiger partial charge in [-0.05, 0) is 43.7 Å². The van der Waals surface area contributed by atoms with Crippen LogP contribution in [0.15, 0.2) is 30.3 Å². The second kappa shape index (κ2) is 4.23. The molecule has 0 saturated heterocycles. The summed E-state index contributed by atoms with van der Waals surface area (Å²) in [5.74, 6) is 0.697. The maximum absolute atomic E-state index is 5.90. The molecule has 0 unspecified atom stereocenters. The Bertz CT molecular complexity index is 492. The van der Waals surface area contributed by atoms with Gasteiger partial charge in [-0.3, -0.25) is 0 Å². The number of hydrogen-bond donors (Lipinski definition) is 2. The van der Waals surface area contributed by atoms with E-state index in [9.17, 15) is 0 Å². The lowest BCUT2D eigenvalue weighted by atomic mass is 10.2. The zero-order valence-corrected chi connectivity index (χ0v) is 9.41. The molecule has 0 bridgehead atoms. The summed E-state index contributed by atoms with van der Waals surface area (Å²) in [5.41, 5.74) is 9.58. The molecule has 3 heteroatoms. The molecule has 0 saturated carbocycles. The molecule has 81 valence electrons. The summed E-state index contributed by atoms with van der Waals surface area (Å²) >= 11 is 0. The molecule has 0 amide bonds. The topological polar surface area (TPSA) is 50.9 Å². The molecule has 0 aliphatic rings. The Labute approximate surface area is 95.3 Å². The molecule has 0 atom stereocenters. The summed E-state index contributed by atoms with van der Waals surface area (Å²) in [6.07, 6.45) is 0. The van der Waals surface area contributed by atoms with Gasteiger partial charge >= 0.3 is 0 Å². The van der Waals surface area contributed by atoms with E-state index in [0.717, 1.165) is 16.9 Å². The van der Waals surface area contributed by atoms with Crippen molar-refractivity contribution < 1.29 is 0 Å². The van der Waals surface area contributed by atoms with Crippen LogP contribution in [0.2, 0.25) is 0 Å². The highest BCUT2D eigenvalue weighted by molar-refractivity contribution is 5.69. The van der Waals surface area contributed by atoms with Crippen molar-refractivity contribution in [3.8, 4) is 0 Å². The van der Waals surface area contributed by atoms with Gasteiger partial charge in [-0.25, -0.2) is 4.98 Å². The van der Waals surface area contributed by atoms with E-state index in [1.54, 1.807) is 0 Å². The van der Waals surface area contributed by atoms with Crippen LogP contribution in [0.25, 0.3) is 0 Å². The van der Waals surface area contributed by atoms with Crippen LogP contribution in [0, 0.1) is 19.9 Å². The molecule has 0 aliphatic carbocycles. The third kappa shape index (κ3) is 2.14. The number of nitrogens with two attached hydrogens (primary N) is 1. The van der Waals surface area contributed by atoms with E-state index in [0.29, 0.717) is 11.5 Å². The van der Waals surface area contributed by atoms with Crippen molar-refractivity contribution in [3.63, 3.8) is 0 Å². The molecule has 0 fully saturated rings. The van der Waals surface area contributed by atoms with Gasteiger partial charge in [0.2, 0.25) is 0 Å². The molecule has 2 rings (SSSR count). The van der Waals surface area contributed by atoms with E-state index in [-0.39, 0.29) is 0 Å². The van der Waals surface area contributed by atoms with Gasteiger partial charge in [0.05, 0.1) is 5.69 Å². The summed E-state index contributed by atoms with van der Waals surface area (Å²) in [5, 5.41) is 3.17. The van der Waals surface area contributed by atoms with Crippen LogP contribution in [0.1, 0.15) is 11.3 Å². The van der Waals surface area contributed by atoms with Crippen molar-refractivity contribution in [1.29, 1.82) is 0 Å². The maximum Gasteiger partial charge on any atom is 0.153 e. The van der Waals surface area contributed by atoms with Crippen molar-refractivity contribution >= 4 is 17.2 Å². The van der Waals surface area contributed by atoms with Gasteiger partial charge in [0.1, 0.15) is 0 Å². The summed E-state index contributed by atoms with van der Waals surface area (Å²) < 4.78 is 0. The lowest BCUT2D eigenvalue weighted by Crippen LogP contribution is -2.01. The fourth-order valence-electron chi connectivity index (χ4n) is 1.43. The summed E-state index contributed by atoms with van der Waals surface area (Å²) in [6.45, 7) is 3.97. The fraction of sp³-hybridized carbons (Fsp3) is 0.154. The average molecular weight is 212 g/mol. The van der Waals surface area contributed by atoms with Crippen LogP contribution in [0.3, 0.4) is 0 Å². The fourth-order valence-corrected chi connectivity index (χ4v) is 1.43. The van der Waals surface area contributed by atoms with Gasteiger partial charge in [0.25, 0.3) is 0 Å². The highest BCUT2D eigenvalue weighted by Gasteiger charge is 2.04. The second-order valence-corrected chi connectivity index (χ2v) is 3.75. The van der Waals surface area contributed by atoms with Crippen LogP contribution >= 0.6 is 0 Å². The minimum absolute atomic E-state index is 0.659. The van der Waals surface area contributed by atoms with Crippen LogP contribution < -0.4 is 11.1 Å². The van der Waals surface area contributed by atoms with Crippen LogP contribution in [-0.4, -0.2) is 4.98 Å². The third-order valence-corrected chi connectivity index (χ3v) is 2.47. The summed E-state index contributed by atoms with van der Waals surface area (Å²) in [6, 6.07) is 12.5. The van der Waals surface area contributed by atoms with E-state index in [2.05, 4.69) is 16.4 Å². The summed E-state index contributed by atoms with van der Waals surface area (Å²) in [7, 11) is 0. The molecular weight excluding hydrogens is 198 g/mol. The Kier molecular flexibility index (Phi) is 2.77. The first-order valence-corrected chi connectivity index (χ1v) is 5.13. The zero-order chi connectivity index (χ0) is 11.5. The second-order valence-electron chi connectivity index (χ2n) is 3.75. The maximum atomic E-state index is 5.90. The van der Waals surface area contributed by atoms with Crippen molar-refractivity contribution in [2.45, 2.75) is 13.8 Å². The number of nitrogens with one attached hydrogen (secondary N) is 1. The van der Waals surface area contributed by atoms with E-state index in [1.165, 1.54) is 0 Å². The van der Waals surface area contributed by atoms with Gasteiger partial charge in [-0.15, -0.1) is 0 Å². The van der Waals surface area contributed by atoms with Gasteiger partial charge in [-0.1, -0.05) is 12.1 Å². The number of hydrogen-bond acceptors (Lipinski definition) is 3. The Balaban J connectivity index is 2.32. The van der Waals surface area contributed by atoms with Crippen molar-refractivity contribution in [3.05, 3.63) is 47.7 Å². The van der Waals surface area contributed by atoms with Crippen molar-refractivity contribution in [2.24, 2.45) is 0 Å². The van der Waals surface area contributed by atoms with E-state index < -0.39 is 0 Å². The van der Waals surface area contributed by atoms with Gasteiger partial charge in [0, 0.05) is 11.4 Å². The number of nitrogen functional groups attached to an aromatic ring is 1. The number of benzene rings is 1. The smallest absolute Gasteiger partial charge is 0.153 e. The van der Waals surface area contributed by atoms with Gasteiger partial charge < -0.3 is 11.1 Å². The molecule has 0 spiro atoms. The molecule has 2 aromatic rings. The first-order chi connectivity index (χ1) is 7.66. The quantitative estimate of drug-likeness (QED) is 0.804. The highest BCUT2D eigenvalue weighted by atomic mass is 15.0. The zero-order valence-electron chi connectivity index (χ0n) is 9.41. The molecular formula is C13H14N3. The lowest BCUT2D eigenvalue weighted by molar-refractivity contribution is 1.15. The molecule has 3 nitrogen and oxygen atoms in total. The Morgan fingerprint density at radius 3 is 2.88 bits per heavy atom. The summed E-state index contributed by atoms with van der Waals surface area (Å²) in [4.78, 5) is 4.42. The first kappa shape index (κ1) is 10.5. The van der Waals surface area contributed by atoms with Crippen molar-refractivity contribution in [2.75, 3.05) is 11.1 Å². The minimum Gasteiger partial charge on any atom is -0.396 e. The lowest BCUT2D eigenvalue weighted by Gasteiger charge is -2.10. The molecule has 1 aromatic heterocycles. The first-order valence-electron chi connectivity index (χ1n) is 5.13. The van der Waals surface area contributed by atoms with Crippen LogP contribution in [-0.2, 0) is 0 Å². The van der Waals surface area contributed by atoms with Gasteiger partial charge in [-0.2, -0.15) is 0 Å². The van der Waals surface area contributed by atoms with Gasteiger partial charge in [0.15, 0.2) is 5.82 Å². The van der Waals surface area contributed by atoms with Crippen molar-refractivity contribution in [1.82, 2.24) is 4.98 Å². The number of anilines is 3. The predicted molar refractivity (Wildman–Crippen MR) is 66.7 cm³/mol. The predicted octanol–water partition coefficient (Wildman–Crippen LogP) is 2.82. The molecule has 0 aliphatic heterocycles. The monoisotopic (exact) mass is 212 g/mol. The Morgan fingerprint density at radius 1 is 1.38 bits per heavy atom. The van der Waals surface area contributed by atoms with Crippen LogP contribution in [0.4, 0.5) is 17.2 Å². The van der Waals surface area contributed by atoms with E-state index in [4.69, 9.17) is 5.73 Å². The van der Waals surface area contributed by atoms with E-state index in [1.807, 2.05) is 44.2 Å². The number of pyridine rings is 1. The van der Waals surface area contributed by atoms with E-state index >= 15 is 0 Å². The third-order valence-electron chi connectivity index (χ3n) is 2.47. The number of nitrogens with zero attached hydrogens (tertiary/aromatic N) is 1. The van der Waals surface area contributed by atoms with Crippen LogP contribution in [0.5, 0.6) is 0 Å². The molecule has 3 N–H and O–H groups in total. The number of aromatic nitrogens is 1. The highest BCUT2D eigenvalue weighted by Crippen LogP contribution is 2.22. The molecule has 16 heavy (non-hydrogen) atoms. The normalized spacial score (nSPS) is 10.1. The molecule has 1 aromatic carbocycles. The molecule has 1 radical (unpaired) electrons. The average Bonchev–Trinajstić information content (AvgIpc) is 2.27. The Morgan fingerprint density at radius 2 is 2.19 bits per heavy atom. The number of rotatable bonds is 2. The standard InChI is InChI=1S/C13H14N3/c1-9-8-12(14)13(15-10(9)2)16-11-6-4-3-5-7-11/h3-4,6-8H,14H2,1-2H3,(H,15,16). The largest absolute Gasteiger partial charge is 0.396 e. The Hall–Kier alpha value is -2.03.